The Hall–Kier alpha value is -1.71. The molecule has 112 valence electrons. The molecule has 1 unspecified atom stereocenters. The molecule has 0 aliphatic carbocycles. The molecule has 1 atom stereocenters. The van der Waals surface area contributed by atoms with E-state index in [-0.39, 0.29) is 0 Å². The average Bonchev–Trinajstić information content (AvgIpc) is 2.49. The second-order valence-electron chi connectivity index (χ2n) is 5.84. The number of pyridine rings is 1. The molecule has 1 heterocycles. The lowest BCUT2D eigenvalue weighted by Crippen LogP contribution is -2.21. The molecule has 2 N–H and O–H groups in total. The molecule has 0 aliphatic heterocycles. The van der Waals surface area contributed by atoms with Crippen molar-refractivity contribution in [2.45, 2.75) is 32.9 Å². The minimum Gasteiger partial charge on any atom is -0.387 e. The van der Waals surface area contributed by atoms with Gasteiger partial charge in [0.05, 0.1) is 6.10 Å². The third-order valence-corrected chi connectivity index (χ3v) is 3.42. The van der Waals surface area contributed by atoms with Crippen LogP contribution in [-0.4, -0.2) is 16.6 Å². The molecule has 0 radical (unpaired) electrons. The predicted molar refractivity (Wildman–Crippen MR) is 85.9 cm³/mol. The van der Waals surface area contributed by atoms with Crippen LogP contribution in [0, 0.1) is 5.92 Å². The van der Waals surface area contributed by atoms with E-state index in [9.17, 15) is 5.11 Å². The number of hydrogen-bond donors (Lipinski definition) is 2. The number of nitrogens with zero attached hydrogens (tertiary/aromatic N) is 1. The van der Waals surface area contributed by atoms with Crippen molar-refractivity contribution in [2.75, 3.05) is 6.54 Å². The van der Waals surface area contributed by atoms with Gasteiger partial charge in [-0.3, -0.25) is 4.98 Å². The van der Waals surface area contributed by atoms with Crippen molar-refractivity contribution in [2.24, 2.45) is 5.92 Å². The minimum atomic E-state index is -0.492. The van der Waals surface area contributed by atoms with Gasteiger partial charge < -0.3 is 10.4 Å². The number of nitrogens with one attached hydrogen (secondary N) is 1. The molecule has 2 aromatic rings. The molecule has 3 nitrogen and oxygen atoms in total. The number of aliphatic hydroxyl groups excluding tert-OH is 1. The Labute approximate surface area is 127 Å². The van der Waals surface area contributed by atoms with Crippen LogP contribution in [-0.2, 0) is 13.0 Å². The van der Waals surface area contributed by atoms with Gasteiger partial charge in [-0.2, -0.15) is 0 Å². The van der Waals surface area contributed by atoms with E-state index in [1.165, 1.54) is 11.1 Å². The van der Waals surface area contributed by atoms with Crippen molar-refractivity contribution < 1.29 is 5.11 Å². The fourth-order valence-electron chi connectivity index (χ4n) is 2.32. The molecule has 3 heteroatoms. The highest BCUT2D eigenvalue weighted by Gasteiger charge is 2.06. The smallest absolute Gasteiger partial charge is 0.0915 e. The Bertz CT molecular complexity index is 523. The number of aromatic nitrogens is 1. The normalized spacial score (nSPS) is 12.6. The maximum atomic E-state index is 10.1. The molecule has 0 aliphatic rings. The quantitative estimate of drug-likeness (QED) is 0.821. The van der Waals surface area contributed by atoms with E-state index in [0.29, 0.717) is 12.5 Å². The van der Waals surface area contributed by atoms with Crippen LogP contribution in [0.15, 0.2) is 48.8 Å². The standard InChI is InChI=1S/C18H24N2O/c1-14(2)11-15-3-5-16(6-4-15)12-20-13-18(21)17-7-9-19-10-8-17/h3-10,14,18,20-21H,11-13H2,1-2H3. The van der Waals surface area contributed by atoms with Crippen LogP contribution in [0.1, 0.15) is 36.6 Å². The number of aliphatic hydroxyl groups is 1. The molecule has 0 saturated heterocycles. The molecule has 0 amide bonds. The van der Waals surface area contributed by atoms with Crippen LogP contribution in [0.5, 0.6) is 0 Å². The van der Waals surface area contributed by atoms with Gasteiger partial charge in [0.15, 0.2) is 0 Å². The lowest BCUT2D eigenvalue weighted by Gasteiger charge is -2.12. The fourth-order valence-corrected chi connectivity index (χ4v) is 2.32. The zero-order valence-corrected chi connectivity index (χ0v) is 12.8. The molecule has 1 aromatic carbocycles. The third kappa shape index (κ3) is 5.29. The molecule has 0 spiro atoms. The van der Waals surface area contributed by atoms with Crippen molar-refractivity contribution >= 4 is 0 Å². The number of rotatable bonds is 7. The zero-order chi connectivity index (χ0) is 15.1. The van der Waals surface area contributed by atoms with Crippen molar-refractivity contribution in [3.05, 3.63) is 65.5 Å². The van der Waals surface area contributed by atoms with Crippen molar-refractivity contribution in [3.63, 3.8) is 0 Å². The van der Waals surface area contributed by atoms with Crippen LogP contribution >= 0.6 is 0 Å². The van der Waals surface area contributed by atoms with Crippen molar-refractivity contribution in [1.29, 1.82) is 0 Å². The Morgan fingerprint density at radius 1 is 1.00 bits per heavy atom. The second kappa shape index (κ2) is 7.91. The first kappa shape index (κ1) is 15.7. The van der Waals surface area contributed by atoms with E-state index in [1.54, 1.807) is 12.4 Å². The first-order valence-corrected chi connectivity index (χ1v) is 7.51. The summed E-state index contributed by atoms with van der Waals surface area (Å²) in [5, 5.41) is 13.3. The van der Waals surface area contributed by atoms with Crippen LogP contribution < -0.4 is 5.32 Å². The second-order valence-corrected chi connectivity index (χ2v) is 5.84. The summed E-state index contributed by atoms with van der Waals surface area (Å²) in [5.41, 5.74) is 3.51. The maximum absolute atomic E-state index is 10.1. The van der Waals surface area contributed by atoms with E-state index in [1.807, 2.05) is 12.1 Å². The SMILES string of the molecule is CC(C)Cc1ccc(CNCC(O)c2ccncc2)cc1. The molecule has 0 saturated carbocycles. The van der Waals surface area contributed by atoms with E-state index in [0.717, 1.165) is 18.5 Å². The van der Waals surface area contributed by atoms with Gasteiger partial charge in [0, 0.05) is 25.5 Å². The third-order valence-electron chi connectivity index (χ3n) is 3.42. The Morgan fingerprint density at radius 3 is 2.24 bits per heavy atom. The first-order chi connectivity index (χ1) is 10.1. The monoisotopic (exact) mass is 284 g/mol. The van der Waals surface area contributed by atoms with Gasteiger partial charge in [0.2, 0.25) is 0 Å². The van der Waals surface area contributed by atoms with E-state index >= 15 is 0 Å². The summed E-state index contributed by atoms with van der Waals surface area (Å²) >= 11 is 0. The van der Waals surface area contributed by atoms with E-state index in [2.05, 4.69) is 48.4 Å². The highest BCUT2D eigenvalue weighted by atomic mass is 16.3. The Balaban J connectivity index is 1.78. The fraction of sp³-hybridized carbons (Fsp3) is 0.389. The van der Waals surface area contributed by atoms with Gasteiger partial charge in [-0.15, -0.1) is 0 Å². The van der Waals surface area contributed by atoms with Gasteiger partial charge >= 0.3 is 0 Å². The Morgan fingerprint density at radius 2 is 1.62 bits per heavy atom. The first-order valence-electron chi connectivity index (χ1n) is 7.51. The lowest BCUT2D eigenvalue weighted by molar-refractivity contribution is 0.174. The van der Waals surface area contributed by atoms with Crippen LogP contribution in [0.2, 0.25) is 0 Å². The van der Waals surface area contributed by atoms with Crippen molar-refractivity contribution in [1.82, 2.24) is 10.3 Å². The number of benzene rings is 1. The van der Waals surface area contributed by atoms with Gasteiger partial charge in [-0.1, -0.05) is 38.1 Å². The molecule has 2 rings (SSSR count). The summed E-state index contributed by atoms with van der Waals surface area (Å²) in [4.78, 5) is 3.95. The van der Waals surface area contributed by atoms with E-state index in [4.69, 9.17) is 0 Å². The summed E-state index contributed by atoms with van der Waals surface area (Å²) in [6.45, 7) is 5.77. The highest BCUT2D eigenvalue weighted by Crippen LogP contribution is 2.11. The molecule has 1 aromatic heterocycles. The summed E-state index contributed by atoms with van der Waals surface area (Å²) < 4.78 is 0. The number of hydrogen-bond acceptors (Lipinski definition) is 3. The minimum absolute atomic E-state index is 0.492. The maximum Gasteiger partial charge on any atom is 0.0915 e. The van der Waals surface area contributed by atoms with Crippen molar-refractivity contribution in [3.8, 4) is 0 Å². The molecule has 0 bridgehead atoms. The largest absolute Gasteiger partial charge is 0.387 e. The van der Waals surface area contributed by atoms with Gasteiger partial charge in [-0.05, 0) is 41.2 Å². The van der Waals surface area contributed by atoms with Gasteiger partial charge in [0.1, 0.15) is 0 Å². The lowest BCUT2D eigenvalue weighted by atomic mass is 10.0. The summed E-state index contributed by atoms with van der Waals surface area (Å²) in [5.74, 6) is 0.685. The zero-order valence-electron chi connectivity index (χ0n) is 12.8. The summed E-state index contributed by atoms with van der Waals surface area (Å²) in [7, 11) is 0. The Kier molecular flexibility index (Phi) is 5.90. The molecular weight excluding hydrogens is 260 g/mol. The van der Waals surface area contributed by atoms with Gasteiger partial charge in [-0.25, -0.2) is 0 Å². The van der Waals surface area contributed by atoms with Crippen LogP contribution in [0.3, 0.4) is 0 Å². The van der Waals surface area contributed by atoms with E-state index < -0.39 is 6.10 Å². The molecule has 21 heavy (non-hydrogen) atoms. The summed E-state index contributed by atoms with van der Waals surface area (Å²) in [6, 6.07) is 12.4. The predicted octanol–water partition coefficient (Wildman–Crippen LogP) is 3.10. The summed E-state index contributed by atoms with van der Waals surface area (Å²) in [6.07, 6.45) is 4.03. The molecular formula is C18H24N2O. The molecule has 0 fully saturated rings. The topological polar surface area (TPSA) is 45.1 Å². The highest BCUT2D eigenvalue weighted by molar-refractivity contribution is 5.23. The average molecular weight is 284 g/mol. The van der Waals surface area contributed by atoms with Crippen LogP contribution in [0.4, 0.5) is 0 Å². The van der Waals surface area contributed by atoms with Gasteiger partial charge in [0.25, 0.3) is 0 Å². The van der Waals surface area contributed by atoms with Crippen LogP contribution in [0.25, 0.3) is 0 Å².